The first kappa shape index (κ1) is 25.7. The van der Waals surface area contributed by atoms with E-state index in [-0.39, 0.29) is 29.9 Å². The summed E-state index contributed by atoms with van der Waals surface area (Å²) in [7, 11) is 1.34. The number of alkyl halides is 3. The van der Waals surface area contributed by atoms with Gasteiger partial charge in [-0.25, -0.2) is 9.78 Å². The minimum Gasteiger partial charge on any atom is -0.465 e. The number of hydrogen-bond donors (Lipinski definition) is 0. The van der Waals surface area contributed by atoms with Gasteiger partial charge in [0.05, 0.1) is 25.4 Å². The molecule has 3 atom stereocenters. The normalized spacial score (nSPS) is 22.7. The number of fused-ring (bicyclic) bond motifs is 1. The number of ether oxygens (including phenoxy) is 3. The van der Waals surface area contributed by atoms with Crippen molar-refractivity contribution in [3.8, 4) is 17.0 Å². The number of nitrogens with zero attached hydrogens (tertiary/aromatic N) is 3. The molecule has 0 N–H and O–H groups in total. The lowest BCUT2D eigenvalue weighted by Gasteiger charge is -2.20. The molecule has 0 spiro atoms. The van der Waals surface area contributed by atoms with Crippen molar-refractivity contribution in [1.82, 2.24) is 10.1 Å². The Labute approximate surface area is 223 Å². The second kappa shape index (κ2) is 10.2. The monoisotopic (exact) mass is 543 g/mol. The second-order valence-electron chi connectivity index (χ2n) is 10.4. The van der Waals surface area contributed by atoms with Crippen molar-refractivity contribution in [2.75, 3.05) is 25.1 Å². The van der Waals surface area contributed by atoms with E-state index >= 15 is 0 Å². The Bertz CT molecular complexity index is 1320. The van der Waals surface area contributed by atoms with E-state index in [0.29, 0.717) is 34.4 Å². The summed E-state index contributed by atoms with van der Waals surface area (Å²) in [5, 5.41) is 4.16. The predicted molar refractivity (Wildman–Crippen MR) is 133 cm³/mol. The van der Waals surface area contributed by atoms with Crippen LogP contribution in [-0.2, 0) is 16.1 Å². The average molecular weight is 544 g/mol. The summed E-state index contributed by atoms with van der Waals surface area (Å²) < 4.78 is 60.1. The summed E-state index contributed by atoms with van der Waals surface area (Å²) in [6, 6.07) is 9.54. The van der Waals surface area contributed by atoms with Crippen molar-refractivity contribution in [1.29, 1.82) is 0 Å². The average Bonchev–Trinajstić information content (AvgIpc) is 3.38. The zero-order chi connectivity index (χ0) is 27.1. The molecule has 8 nitrogen and oxygen atoms in total. The largest absolute Gasteiger partial charge is 0.573 e. The number of halogens is 3. The van der Waals surface area contributed by atoms with Crippen LogP contribution >= 0.6 is 0 Å². The van der Waals surface area contributed by atoms with Gasteiger partial charge in [0, 0.05) is 36.3 Å². The van der Waals surface area contributed by atoms with Crippen molar-refractivity contribution in [3.05, 3.63) is 59.5 Å². The van der Waals surface area contributed by atoms with Crippen LogP contribution in [0.4, 0.5) is 19.0 Å². The molecule has 3 aromatic rings. The Kier molecular flexibility index (Phi) is 6.70. The van der Waals surface area contributed by atoms with Crippen molar-refractivity contribution < 1.29 is 36.7 Å². The first-order valence-electron chi connectivity index (χ1n) is 13.0. The summed E-state index contributed by atoms with van der Waals surface area (Å²) in [5.74, 6) is 1.91. The molecule has 6 rings (SSSR count). The van der Waals surface area contributed by atoms with Gasteiger partial charge in [-0.1, -0.05) is 17.3 Å². The van der Waals surface area contributed by atoms with Crippen LogP contribution in [0, 0.1) is 11.8 Å². The molecule has 2 saturated carbocycles. The van der Waals surface area contributed by atoms with Crippen LogP contribution in [0.1, 0.15) is 53.3 Å². The van der Waals surface area contributed by atoms with Gasteiger partial charge >= 0.3 is 12.3 Å². The topological polar surface area (TPSA) is 86.9 Å². The van der Waals surface area contributed by atoms with E-state index in [1.165, 1.54) is 25.4 Å². The molecule has 1 saturated heterocycles. The molecule has 1 aliphatic heterocycles. The Hall–Kier alpha value is -3.60. The molecule has 39 heavy (non-hydrogen) atoms. The van der Waals surface area contributed by atoms with E-state index in [0.717, 1.165) is 44.6 Å². The number of benzene rings is 1. The van der Waals surface area contributed by atoms with E-state index in [9.17, 15) is 18.0 Å². The molecule has 3 fully saturated rings. The molecule has 1 unspecified atom stereocenters. The third-order valence-electron chi connectivity index (χ3n) is 7.80. The van der Waals surface area contributed by atoms with Crippen LogP contribution < -0.4 is 9.64 Å². The lowest BCUT2D eigenvalue weighted by molar-refractivity contribution is -0.274. The number of carbonyl (C=O) groups is 1. The van der Waals surface area contributed by atoms with E-state index < -0.39 is 12.3 Å². The zero-order valence-corrected chi connectivity index (χ0v) is 21.3. The van der Waals surface area contributed by atoms with Crippen LogP contribution in [0.5, 0.6) is 5.75 Å². The molecule has 1 aromatic carbocycles. The molecule has 0 radical (unpaired) electrons. The van der Waals surface area contributed by atoms with Crippen LogP contribution in [0.2, 0.25) is 0 Å². The first-order valence-corrected chi connectivity index (χ1v) is 13.0. The molecule has 3 aliphatic rings. The van der Waals surface area contributed by atoms with E-state index in [2.05, 4.69) is 19.8 Å². The standard InChI is InChI=1S/C28H28F3N3O5/c1-36-27(35)17-8-9-24(32-12-17)34-13-18-10-20(11-19(18)14-34)37-15-22-25(33-39-26(22)16-6-7-16)21-4-2-3-5-23(21)38-28(29,30)31/h2-5,8-9,12,16,18-20H,6-7,10-11,13-15H2,1H3/t18-,19?,20+/m0/s1. The fraction of sp³-hybridized carbons (Fsp3) is 0.464. The minimum absolute atomic E-state index is 0.0354. The van der Waals surface area contributed by atoms with Crippen molar-refractivity contribution >= 4 is 11.8 Å². The summed E-state index contributed by atoms with van der Waals surface area (Å²) >= 11 is 0. The van der Waals surface area contributed by atoms with Gasteiger partial charge in [0.1, 0.15) is 23.0 Å². The maximum atomic E-state index is 13.0. The molecule has 2 aromatic heterocycles. The lowest BCUT2D eigenvalue weighted by atomic mass is 10.0. The van der Waals surface area contributed by atoms with Gasteiger partial charge in [0.25, 0.3) is 0 Å². The van der Waals surface area contributed by atoms with E-state index in [1.807, 2.05) is 6.07 Å². The zero-order valence-electron chi connectivity index (χ0n) is 21.3. The highest BCUT2D eigenvalue weighted by Gasteiger charge is 2.42. The number of para-hydroxylation sites is 1. The first-order chi connectivity index (χ1) is 18.8. The molecular formula is C28H28F3N3O5. The smallest absolute Gasteiger partial charge is 0.465 e. The predicted octanol–water partition coefficient (Wildman–Crippen LogP) is 5.73. The molecule has 0 amide bonds. The number of pyridine rings is 1. The maximum Gasteiger partial charge on any atom is 0.573 e. The summed E-state index contributed by atoms with van der Waals surface area (Å²) in [4.78, 5) is 18.3. The molecule has 2 aliphatic carbocycles. The molecule has 3 heterocycles. The fourth-order valence-electron chi connectivity index (χ4n) is 5.80. The number of hydrogen-bond acceptors (Lipinski definition) is 8. The second-order valence-corrected chi connectivity index (χ2v) is 10.4. The lowest BCUT2D eigenvalue weighted by Crippen LogP contribution is -2.24. The van der Waals surface area contributed by atoms with Crippen LogP contribution in [0.25, 0.3) is 11.3 Å². The number of methoxy groups -OCH3 is 1. The van der Waals surface area contributed by atoms with Crippen LogP contribution in [0.3, 0.4) is 0 Å². The molecule has 11 heteroatoms. The van der Waals surface area contributed by atoms with Crippen LogP contribution in [0.15, 0.2) is 47.1 Å². The van der Waals surface area contributed by atoms with E-state index in [1.54, 1.807) is 18.2 Å². The Balaban J connectivity index is 1.12. The van der Waals surface area contributed by atoms with Gasteiger partial charge in [-0.05, 0) is 61.8 Å². The summed E-state index contributed by atoms with van der Waals surface area (Å²) in [5.41, 5.74) is 1.68. The number of carbonyl (C=O) groups excluding carboxylic acids is 1. The Morgan fingerprint density at radius 1 is 1.10 bits per heavy atom. The summed E-state index contributed by atoms with van der Waals surface area (Å²) in [6.07, 6.45) is 0.439. The third kappa shape index (κ3) is 5.45. The number of esters is 1. The third-order valence-corrected chi connectivity index (χ3v) is 7.80. The number of rotatable bonds is 8. The molecule has 206 valence electrons. The van der Waals surface area contributed by atoms with Crippen molar-refractivity contribution in [3.63, 3.8) is 0 Å². The maximum absolute atomic E-state index is 13.0. The van der Waals surface area contributed by atoms with Gasteiger partial charge < -0.3 is 23.6 Å². The Morgan fingerprint density at radius 2 is 1.85 bits per heavy atom. The van der Waals surface area contributed by atoms with Crippen molar-refractivity contribution in [2.45, 2.75) is 50.7 Å². The van der Waals surface area contributed by atoms with Gasteiger partial charge in [0.2, 0.25) is 0 Å². The van der Waals surface area contributed by atoms with Gasteiger partial charge in [-0.3, -0.25) is 0 Å². The highest BCUT2D eigenvalue weighted by atomic mass is 19.4. The molecular weight excluding hydrogens is 515 g/mol. The fourth-order valence-corrected chi connectivity index (χ4v) is 5.80. The van der Waals surface area contributed by atoms with Crippen LogP contribution in [-0.4, -0.2) is 48.8 Å². The van der Waals surface area contributed by atoms with Gasteiger partial charge in [-0.2, -0.15) is 0 Å². The highest BCUT2D eigenvalue weighted by Crippen LogP contribution is 2.46. The van der Waals surface area contributed by atoms with Gasteiger partial charge in [0.15, 0.2) is 0 Å². The summed E-state index contributed by atoms with van der Waals surface area (Å²) in [6.45, 7) is 1.92. The highest BCUT2D eigenvalue weighted by molar-refractivity contribution is 5.89. The minimum atomic E-state index is -4.82. The van der Waals surface area contributed by atoms with Crippen molar-refractivity contribution in [2.24, 2.45) is 11.8 Å². The molecule has 0 bridgehead atoms. The quantitative estimate of drug-likeness (QED) is 0.333. The van der Waals surface area contributed by atoms with Gasteiger partial charge in [-0.15, -0.1) is 13.2 Å². The van der Waals surface area contributed by atoms with E-state index in [4.69, 9.17) is 14.0 Å². The number of anilines is 1. The number of aromatic nitrogens is 2. The Morgan fingerprint density at radius 3 is 2.49 bits per heavy atom. The SMILES string of the molecule is COC(=O)c1ccc(N2CC3C[C@H](OCc4c(-c5ccccc5OC(F)(F)F)noc4C4CC4)C[C@H]3C2)nc1.